The van der Waals surface area contributed by atoms with Crippen LogP contribution in [0.5, 0.6) is 5.75 Å². The highest BCUT2D eigenvalue weighted by molar-refractivity contribution is 6.42. The van der Waals surface area contributed by atoms with E-state index in [0.717, 1.165) is 39.5 Å². The van der Waals surface area contributed by atoms with Crippen molar-refractivity contribution in [3.63, 3.8) is 0 Å². The minimum Gasteiger partial charge on any atom is -0.489 e. The summed E-state index contributed by atoms with van der Waals surface area (Å²) in [5, 5.41) is 5.84. The van der Waals surface area contributed by atoms with Gasteiger partial charge in [0.15, 0.2) is 0 Å². The zero-order valence-corrected chi connectivity index (χ0v) is 19.7. The Morgan fingerprint density at radius 1 is 0.735 bits per heavy atom. The summed E-state index contributed by atoms with van der Waals surface area (Å²) < 4.78 is 7.81. The first kappa shape index (κ1) is 22.1. The van der Waals surface area contributed by atoms with Crippen LogP contribution in [0.25, 0.3) is 28.2 Å². The van der Waals surface area contributed by atoms with Crippen molar-refractivity contribution in [1.82, 2.24) is 9.78 Å². The summed E-state index contributed by atoms with van der Waals surface area (Å²) in [6.07, 6.45) is 0. The van der Waals surface area contributed by atoms with E-state index in [0.29, 0.717) is 22.3 Å². The van der Waals surface area contributed by atoms with Crippen molar-refractivity contribution in [3.05, 3.63) is 119 Å². The molecule has 5 aromatic rings. The van der Waals surface area contributed by atoms with Crippen molar-refractivity contribution in [1.29, 1.82) is 0 Å². The fourth-order valence-electron chi connectivity index (χ4n) is 3.66. The third kappa shape index (κ3) is 4.79. The van der Waals surface area contributed by atoms with Crippen LogP contribution in [0.3, 0.4) is 0 Å². The number of nitrogens with zero attached hydrogens (tertiary/aromatic N) is 2. The molecule has 0 radical (unpaired) electrons. The number of nitrogens with two attached hydrogens (primary N) is 1. The molecule has 168 valence electrons. The van der Waals surface area contributed by atoms with Gasteiger partial charge in [0.1, 0.15) is 12.4 Å². The van der Waals surface area contributed by atoms with Crippen molar-refractivity contribution in [2.45, 2.75) is 6.61 Å². The number of hydrogen-bond donors (Lipinski definition) is 1. The van der Waals surface area contributed by atoms with Gasteiger partial charge >= 0.3 is 0 Å². The Bertz CT molecular complexity index is 1410. The van der Waals surface area contributed by atoms with Crippen LogP contribution < -0.4 is 10.5 Å². The molecule has 0 aliphatic carbocycles. The monoisotopic (exact) mass is 485 g/mol. The molecule has 0 atom stereocenters. The van der Waals surface area contributed by atoms with Crippen LogP contribution in [0.1, 0.15) is 5.56 Å². The summed E-state index contributed by atoms with van der Waals surface area (Å²) in [6, 6.07) is 33.3. The highest BCUT2D eigenvalue weighted by atomic mass is 35.5. The zero-order chi connectivity index (χ0) is 23.5. The molecule has 5 rings (SSSR count). The number of rotatable bonds is 6. The van der Waals surface area contributed by atoms with Gasteiger partial charge in [-0.25, -0.2) is 4.68 Å². The molecule has 1 heterocycles. The normalized spacial score (nSPS) is 10.9. The Kier molecular flexibility index (Phi) is 6.26. The van der Waals surface area contributed by atoms with Gasteiger partial charge in [-0.2, -0.15) is 5.10 Å². The molecule has 4 aromatic carbocycles. The van der Waals surface area contributed by atoms with Gasteiger partial charge in [-0.15, -0.1) is 0 Å². The van der Waals surface area contributed by atoms with Crippen molar-refractivity contribution in [3.8, 4) is 34.0 Å². The molecule has 4 nitrogen and oxygen atoms in total. The van der Waals surface area contributed by atoms with Crippen LogP contribution in [0.4, 0.5) is 5.69 Å². The summed E-state index contributed by atoms with van der Waals surface area (Å²) in [4.78, 5) is 0. The Morgan fingerprint density at radius 2 is 1.44 bits per heavy atom. The van der Waals surface area contributed by atoms with Crippen LogP contribution in [0, 0.1) is 0 Å². The average Bonchev–Trinajstić information content (AvgIpc) is 3.31. The number of hydrogen-bond acceptors (Lipinski definition) is 3. The lowest BCUT2D eigenvalue weighted by atomic mass is 10.1. The molecular formula is C28H21Cl2N3O. The van der Waals surface area contributed by atoms with Gasteiger partial charge in [0.25, 0.3) is 0 Å². The summed E-state index contributed by atoms with van der Waals surface area (Å²) in [7, 11) is 0. The van der Waals surface area contributed by atoms with E-state index in [1.165, 1.54) is 0 Å². The molecule has 34 heavy (non-hydrogen) atoms. The standard InChI is InChI=1S/C28H21Cl2N3O/c29-25-15-12-23(16-26(25)30)33-28(17-27(32-33)20-6-10-22(31)11-7-20)21-8-13-24(14-9-21)34-18-19-4-2-1-3-5-19/h1-17H,18,31H2. The first-order valence-electron chi connectivity index (χ1n) is 10.8. The molecule has 6 heteroatoms. The van der Waals surface area contributed by atoms with E-state index in [1.54, 1.807) is 6.07 Å². The quantitative estimate of drug-likeness (QED) is 0.251. The SMILES string of the molecule is Nc1ccc(-c2cc(-c3ccc(OCc4ccccc4)cc3)n(-c3ccc(Cl)c(Cl)c3)n2)cc1. The van der Waals surface area contributed by atoms with Crippen molar-refractivity contribution in [2.24, 2.45) is 0 Å². The fraction of sp³-hybridized carbons (Fsp3) is 0.0357. The lowest BCUT2D eigenvalue weighted by Crippen LogP contribution is -2.00. The van der Waals surface area contributed by atoms with Gasteiger partial charge in [-0.3, -0.25) is 0 Å². The van der Waals surface area contributed by atoms with Crippen LogP contribution in [-0.2, 0) is 6.61 Å². The van der Waals surface area contributed by atoms with E-state index in [2.05, 4.69) is 0 Å². The molecule has 0 fully saturated rings. The minimum absolute atomic E-state index is 0.472. The topological polar surface area (TPSA) is 53.1 Å². The molecule has 0 spiro atoms. The second-order valence-electron chi connectivity index (χ2n) is 7.85. The van der Waals surface area contributed by atoms with Crippen LogP contribution in [0.15, 0.2) is 103 Å². The predicted octanol–water partition coefficient (Wildman–Crippen LogP) is 7.67. The summed E-state index contributed by atoms with van der Waals surface area (Å²) in [6.45, 7) is 0.517. The largest absolute Gasteiger partial charge is 0.489 e. The van der Waals surface area contributed by atoms with Gasteiger partial charge in [0.2, 0.25) is 0 Å². The molecule has 0 unspecified atom stereocenters. The van der Waals surface area contributed by atoms with E-state index in [1.807, 2.05) is 102 Å². The summed E-state index contributed by atoms with van der Waals surface area (Å²) in [5.74, 6) is 0.798. The molecule has 0 bridgehead atoms. The van der Waals surface area contributed by atoms with Crippen LogP contribution >= 0.6 is 23.2 Å². The second-order valence-corrected chi connectivity index (χ2v) is 8.66. The molecule has 0 saturated heterocycles. The molecule has 2 N–H and O–H groups in total. The lowest BCUT2D eigenvalue weighted by molar-refractivity contribution is 0.306. The smallest absolute Gasteiger partial charge is 0.119 e. The Morgan fingerprint density at radius 3 is 2.15 bits per heavy atom. The maximum absolute atomic E-state index is 6.31. The molecule has 0 aliphatic heterocycles. The van der Waals surface area contributed by atoms with Gasteiger partial charge in [-0.05, 0) is 66.2 Å². The number of halogens is 2. The Labute approximate surface area is 208 Å². The highest BCUT2D eigenvalue weighted by Gasteiger charge is 2.14. The van der Waals surface area contributed by atoms with Crippen molar-refractivity contribution in [2.75, 3.05) is 5.73 Å². The first-order chi connectivity index (χ1) is 16.6. The van der Waals surface area contributed by atoms with Gasteiger partial charge in [0.05, 0.1) is 27.1 Å². The Hall–Kier alpha value is -3.73. The third-order valence-electron chi connectivity index (χ3n) is 5.46. The molecule has 0 saturated carbocycles. The second kappa shape index (κ2) is 9.64. The van der Waals surface area contributed by atoms with Gasteiger partial charge in [-0.1, -0.05) is 65.7 Å². The number of aromatic nitrogens is 2. The maximum atomic E-state index is 6.31. The van der Waals surface area contributed by atoms with E-state index in [4.69, 9.17) is 38.8 Å². The summed E-state index contributed by atoms with van der Waals surface area (Å²) in [5.41, 5.74) is 12.2. The van der Waals surface area contributed by atoms with Crippen LogP contribution in [-0.4, -0.2) is 9.78 Å². The maximum Gasteiger partial charge on any atom is 0.119 e. The lowest BCUT2D eigenvalue weighted by Gasteiger charge is -2.10. The highest BCUT2D eigenvalue weighted by Crippen LogP contribution is 2.32. The Balaban J connectivity index is 1.50. The zero-order valence-electron chi connectivity index (χ0n) is 18.2. The van der Waals surface area contributed by atoms with Gasteiger partial charge < -0.3 is 10.5 Å². The van der Waals surface area contributed by atoms with E-state index in [-0.39, 0.29) is 0 Å². The van der Waals surface area contributed by atoms with Crippen molar-refractivity contribution >= 4 is 28.9 Å². The number of nitrogen functional groups attached to an aromatic ring is 1. The van der Waals surface area contributed by atoms with Crippen molar-refractivity contribution < 1.29 is 4.74 Å². The number of anilines is 1. The minimum atomic E-state index is 0.472. The number of ether oxygens (including phenoxy) is 1. The average molecular weight is 486 g/mol. The number of benzene rings is 4. The third-order valence-corrected chi connectivity index (χ3v) is 6.20. The first-order valence-corrected chi connectivity index (χ1v) is 11.5. The van der Waals surface area contributed by atoms with E-state index >= 15 is 0 Å². The van der Waals surface area contributed by atoms with Gasteiger partial charge in [0, 0.05) is 16.8 Å². The van der Waals surface area contributed by atoms with E-state index in [9.17, 15) is 0 Å². The molecular weight excluding hydrogens is 465 g/mol. The van der Waals surface area contributed by atoms with E-state index < -0.39 is 0 Å². The molecule has 0 amide bonds. The molecule has 0 aliphatic rings. The fourth-order valence-corrected chi connectivity index (χ4v) is 3.95. The summed E-state index contributed by atoms with van der Waals surface area (Å²) >= 11 is 12.5. The predicted molar refractivity (Wildman–Crippen MR) is 140 cm³/mol. The molecule has 1 aromatic heterocycles. The van der Waals surface area contributed by atoms with Crippen LogP contribution in [0.2, 0.25) is 10.0 Å².